The molecule has 110 valence electrons. The van der Waals surface area contributed by atoms with Crippen molar-refractivity contribution in [1.82, 2.24) is 0 Å². The highest BCUT2D eigenvalue weighted by molar-refractivity contribution is 6.30. The standard InChI is InChI=1S/C18H18ClFO/c1-18(2,3)15-7-5-4-6-14(15)17(21)10-12-8-9-13(19)11-16(12)20/h4-9,11H,10H2,1-3H3. The van der Waals surface area contributed by atoms with Crippen LogP contribution in [0, 0.1) is 5.82 Å². The summed E-state index contributed by atoms with van der Waals surface area (Å²) in [5.74, 6) is -0.522. The summed E-state index contributed by atoms with van der Waals surface area (Å²) in [6.45, 7) is 6.17. The van der Waals surface area contributed by atoms with Gasteiger partial charge in [0.2, 0.25) is 0 Å². The topological polar surface area (TPSA) is 17.1 Å². The molecule has 3 heteroatoms. The van der Waals surface area contributed by atoms with Gasteiger partial charge in [-0.25, -0.2) is 4.39 Å². The third-order valence-corrected chi connectivity index (χ3v) is 3.64. The van der Waals surface area contributed by atoms with Gasteiger partial charge in [-0.1, -0.05) is 62.7 Å². The molecule has 0 amide bonds. The smallest absolute Gasteiger partial charge is 0.167 e. The van der Waals surface area contributed by atoms with Gasteiger partial charge in [-0.3, -0.25) is 4.79 Å². The molecule has 0 radical (unpaired) electrons. The maximum atomic E-state index is 13.8. The summed E-state index contributed by atoms with van der Waals surface area (Å²) < 4.78 is 13.8. The predicted molar refractivity (Wildman–Crippen MR) is 84.6 cm³/mol. The monoisotopic (exact) mass is 304 g/mol. The van der Waals surface area contributed by atoms with E-state index in [-0.39, 0.29) is 17.6 Å². The molecule has 21 heavy (non-hydrogen) atoms. The van der Waals surface area contributed by atoms with E-state index in [1.807, 2.05) is 18.2 Å². The lowest BCUT2D eigenvalue weighted by molar-refractivity contribution is 0.0989. The highest BCUT2D eigenvalue weighted by atomic mass is 35.5. The zero-order valence-corrected chi connectivity index (χ0v) is 13.2. The summed E-state index contributed by atoms with van der Waals surface area (Å²) in [6.07, 6.45) is 0.0378. The Morgan fingerprint density at radius 2 is 1.81 bits per heavy atom. The molecule has 0 spiro atoms. The molecular weight excluding hydrogens is 287 g/mol. The van der Waals surface area contributed by atoms with Crippen LogP contribution in [0.3, 0.4) is 0 Å². The molecule has 0 unspecified atom stereocenters. The second-order valence-electron chi connectivity index (χ2n) is 6.13. The van der Waals surface area contributed by atoms with E-state index in [1.54, 1.807) is 18.2 Å². The van der Waals surface area contributed by atoms with Gasteiger partial charge in [0.05, 0.1) is 0 Å². The first-order valence-corrected chi connectivity index (χ1v) is 7.23. The summed E-state index contributed by atoms with van der Waals surface area (Å²) in [5, 5.41) is 0.332. The highest BCUT2D eigenvalue weighted by Gasteiger charge is 2.21. The fraction of sp³-hybridized carbons (Fsp3) is 0.278. The zero-order valence-electron chi connectivity index (χ0n) is 12.4. The molecular formula is C18H18ClFO. The van der Waals surface area contributed by atoms with Crippen molar-refractivity contribution in [3.05, 3.63) is 70.0 Å². The van der Waals surface area contributed by atoms with E-state index < -0.39 is 5.82 Å². The average Bonchev–Trinajstić information content (AvgIpc) is 2.41. The molecule has 0 fully saturated rings. The first-order valence-electron chi connectivity index (χ1n) is 6.85. The van der Waals surface area contributed by atoms with E-state index in [0.29, 0.717) is 16.1 Å². The number of ketones is 1. The van der Waals surface area contributed by atoms with Crippen LogP contribution in [0.1, 0.15) is 42.3 Å². The first-order chi connectivity index (χ1) is 9.79. The molecule has 0 saturated heterocycles. The third-order valence-electron chi connectivity index (χ3n) is 3.40. The molecule has 0 aromatic heterocycles. The van der Waals surface area contributed by atoms with E-state index in [9.17, 15) is 9.18 Å². The van der Waals surface area contributed by atoms with Gasteiger partial charge in [-0.15, -0.1) is 0 Å². The molecule has 2 rings (SSSR count). The second kappa shape index (κ2) is 5.98. The van der Waals surface area contributed by atoms with E-state index in [2.05, 4.69) is 20.8 Å². The number of carbonyl (C=O) groups is 1. The lowest BCUT2D eigenvalue weighted by Crippen LogP contribution is -2.18. The number of rotatable bonds is 3. The van der Waals surface area contributed by atoms with Gasteiger partial charge in [0.25, 0.3) is 0 Å². The predicted octanol–water partition coefficient (Wildman–Crippen LogP) is 5.20. The summed E-state index contributed by atoms with van der Waals surface area (Å²) in [7, 11) is 0. The number of halogens is 2. The van der Waals surface area contributed by atoms with Crippen LogP contribution < -0.4 is 0 Å². The summed E-state index contributed by atoms with van der Waals surface area (Å²) in [4.78, 5) is 12.5. The van der Waals surface area contributed by atoms with Crippen LogP contribution >= 0.6 is 11.6 Å². The van der Waals surface area contributed by atoms with Crippen LogP contribution in [0.25, 0.3) is 0 Å². The van der Waals surface area contributed by atoms with Crippen molar-refractivity contribution in [2.75, 3.05) is 0 Å². The Morgan fingerprint density at radius 3 is 2.43 bits per heavy atom. The van der Waals surface area contributed by atoms with E-state index in [1.165, 1.54) is 6.07 Å². The summed E-state index contributed by atoms with van der Waals surface area (Å²) in [5.41, 5.74) is 1.86. The molecule has 0 N–H and O–H groups in total. The lowest BCUT2D eigenvalue weighted by Gasteiger charge is -2.22. The van der Waals surface area contributed by atoms with Crippen molar-refractivity contribution in [2.24, 2.45) is 0 Å². The number of Topliss-reactive ketones (excluding diaryl/α,β-unsaturated/α-hetero) is 1. The third kappa shape index (κ3) is 3.70. The highest BCUT2D eigenvalue weighted by Crippen LogP contribution is 2.27. The fourth-order valence-corrected chi connectivity index (χ4v) is 2.47. The Hall–Kier alpha value is -1.67. The Labute approximate surface area is 129 Å². The average molecular weight is 305 g/mol. The Morgan fingerprint density at radius 1 is 1.14 bits per heavy atom. The Kier molecular flexibility index (Phi) is 4.48. The molecule has 0 atom stereocenters. The lowest BCUT2D eigenvalue weighted by atomic mass is 9.82. The van der Waals surface area contributed by atoms with Gasteiger partial charge in [-0.2, -0.15) is 0 Å². The molecule has 0 heterocycles. The van der Waals surface area contributed by atoms with Crippen LogP contribution in [-0.4, -0.2) is 5.78 Å². The minimum Gasteiger partial charge on any atom is -0.294 e. The van der Waals surface area contributed by atoms with E-state index in [0.717, 1.165) is 5.56 Å². The molecule has 2 aromatic rings. The van der Waals surface area contributed by atoms with E-state index >= 15 is 0 Å². The van der Waals surface area contributed by atoms with Gasteiger partial charge in [-0.05, 0) is 28.7 Å². The summed E-state index contributed by atoms with van der Waals surface area (Å²) in [6, 6.07) is 11.9. The zero-order chi connectivity index (χ0) is 15.6. The summed E-state index contributed by atoms with van der Waals surface area (Å²) >= 11 is 5.73. The van der Waals surface area contributed by atoms with Crippen LogP contribution in [0.2, 0.25) is 5.02 Å². The van der Waals surface area contributed by atoms with Crippen molar-refractivity contribution in [1.29, 1.82) is 0 Å². The second-order valence-corrected chi connectivity index (χ2v) is 6.57. The maximum absolute atomic E-state index is 13.8. The van der Waals surface area contributed by atoms with Crippen molar-refractivity contribution in [3.8, 4) is 0 Å². The Balaban J connectivity index is 2.33. The van der Waals surface area contributed by atoms with E-state index in [4.69, 9.17) is 11.6 Å². The molecule has 0 bridgehead atoms. The van der Waals surface area contributed by atoms with Gasteiger partial charge in [0, 0.05) is 17.0 Å². The van der Waals surface area contributed by atoms with Gasteiger partial charge >= 0.3 is 0 Å². The van der Waals surface area contributed by atoms with Crippen molar-refractivity contribution >= 4 is 17.4 Å². The number of hydrogen-bond donors (Lipinski definition) is 0. The molecule has 1 nitrogen and oxygen atoms in total. The minimum atomic E-state index is -0.441. The fourth-order valence-electron chi connectivity index (χ4n) is 2.31. The van der Waals surface area contributed by atoms with Gasteiger partial charge < -0.3 is 0 Å². The van der Waals surface area contributed by atoms with Crippen LogP contribution in [-0.2, 0) is 11.8 Å². The molecule has 2 aromatic carbocycles. The van der Waals surface area contributed by atoms with Crippen LogP contribution in [0.4, 0.5) is 4.39 Å². The minimum absolute atomic E-state index is 0.0378. The SMILES string of the molecule is CC(C)(C)c1ccccc1C(=O)Cc1ccc(Cl)cc1F. The molecule has 0 aliphatic carbocycles. The Bertz CT molecular complexity index is 671. The maximum Gasteiger partial charge on any atom is 0.167 e. The largest absolute Gasteiger partial charge is 0.294 e. The van der Waals surface area contributed by atoms with Gasteiger partial charge in [0.1, 0.15) is 5.82 Å². The van der Waals surface area contributed by atoms with Crippen molar-refractivity contribution in [3.63, 3.8) is 0 Å². The van der Waals surface area contributed by atoms with Crippen molar-refractivity contribution < 1.29 is 9.18 Å². The van der Waals surface area contributed by atoms with Crippen LogP contribution in [0.5, 0.6) is 0 Å². The van der Waals surface area contributed by atoms with Crippen molar-refractivity contribution in [2.45, 2.75) is 32.6 Å². The molecule has 0 aliphatic rings. The van der Waals surface area contributed by atoms with Gasteiger partial charge in [0.15, 0.2) is 5.78 Å². The van der Waals surface area contributed by atoms with Crippen LogP contribution in [0.15, 0.2) is 42.5 Å². The normalized spacial score (nSPS) is 11.5. The molecule has 0 saturated carbocycles. The first kappa shape index (κ1) is 15.7. The number of benzene rings is 2. The quantitative estimate of drug-likeness (QED) is 0.712. The molecule has 0 aliphatic heterocycles. The number of carbonyl (C=O) groups excluding carboxylic acids is 1. The number of hydrogen-bond acceptors (Lipinski definition) is 1.